The summed E-state index contributed by atoms with van der Waals surface area (Å²) in [5.74, 6) is 0.980. The van der Waals surface area contributed by atoms with Gasteiger partial charge in [0.1, 0.15) is 11.5 Å². The summed E-state index contributed by atoms with van der Waals surface area (Å²) in [4.78, 5) is 26.7. The standard InChI is InChI=1S/C50H58O6/c1-7-9-11-13-15-17-27-53-49(51)55-47-39-25-21-33(3)29-41(39)45(37-23-19-35(5)31-43(37)47)46-38-24-20-36(6)32-44(38)48(40-26-22-34(4)30-42(40)46)56-50(52)54-28-18-16-14-12-10-8-2/h19-26,29-32H,7-18,27-28H2,1-6H3. The molecule has 0 bridgehead atoms. The summed E-state index contributed by atoms with van der Waals surface area (Å²) in [5, 5.41) is 7.10. The van der Waals surface area contributed by atoms with Crippen molar-refractivity contribution in [1.82, 2.24) is 0 Å². The van der Waals surface area contributed by atoms with E-state index in [0.29, 0.717) is 24.7 Å². The molecule has 6 nitrogen and oxygen atoms in total. The number of rotatable bonds is 17. The van der Waals surface area contributed by atoms with Crippen LogP contribution in [0.25, 0.3) is 54.2 Å². The van der Waals surface area contributed by atoms with E-state index in [4.69, 9.17) is 18.9 Å². The summed E-state index contributed by atoms with van der Waals surface area (Å²) < 4.78 is 23.6. The van der Waals surface area contributed by atoms with Crippen LogP contribution in [0.5, 0.6) is 11.5 Å². The summed E-state index contributed by atoms with van der Waals surface area (Å²) in [6.45, 7) is 13.3. The number of ether oxygens (including phenoxy) is 4. The first-order chi connectivity index (χ1) is 27.2. The first-order valence-corrected chi connectivity index (χ1v) is 20.8. The summed E-state index contributed by atoms with van der Waals surface area (Å²) in [6.07, 6.45) is 11.8. The molecule has 0 aromatic heterocycles. The first kappa shape index (κ1) is 40.6. The Labute approximate surface area is 332 Å². The van der Waals surface area contributed by atoms with Crippen LogP contribution < -0.4 is 9.47 Å². The van der Waals surface area contributed by atoms with E-state index in [-0.39, 0.29) is 0 Å². The molecule has 6 heteroatoms. The van der Waals surface area contributed by atoms with Crippen LogP contribution in [-0.2, 0) is 9.47 Å². The second-order valence-electron chi connectivity index (χ2n) is 15.5. The normalized spacial score (nSPS) is 11.5. The van der Waals surface area contributed by atoms with Crippen LogP contribution in [0, 0.1) is 27.7 Å². The molecule has 0 atom stereocenters. The Bertz CT molecular complexity index is 2170. The summed E-state index contributed by atoms with van der Waals surface area (Å²) >= 11 is 0. The Hall–Kier alpha value is -5.10. The van der Waals surface area contributed by atoms with E-state index < -0.39 is 12.3 Å². The van der Waals surface area contributed by atoms with Gasteiger partial charge in [-0.1, -0.05) is 161 Å². The average molecular weight is 755 g/mol. The number of unbranched alkanes of at least 4 members (excludes halogenated alkanes) is 10. The molecule has 6 rings (SSSR count). The second kappa shape index (κ2) is 19.2. The minimum Gasteiger partial charge on any atom is -0.434 e. The predicted molar refractivity (Wildman–Crippen MR) is 232 cm³/mol. The van der Waals surface area contributed by atoms with E-state index in [1.54, 1.807) is 0 Å². The molecule has 0 aliphatic carbocycles. The van der Waals surface area contributed by atoms with Gasteiger partial charge in [0.25, 0.3) is 0 Å². The minimum absolute atomic E-state index is 0.328. The van der Waals surface area contributed by atoms with Crippen molar-refractivity contribution in [2.75, 3.05) is 13.2 Å². The zero-order valence-electron chi connectivity index (χ0n) is 34.3. The lowest BCUT2D eigenvalue weighted by Crippen LogP contribution is -2.12. The summed E-state index contributed by atoms with van der Waals surface area (Å²) in [5.41, 5.74) is 6.29. The first-order valence-electron chi connectivity index (χ1n) is 20.8. The van der Waals surface area contributed by atoms with Crippen molar-refractivity contribution in [1.29, 1.82) is 0 Å². The molecule has 0 amide bonds. The number of hydrogen-bond acceptors (Lipinski definition) is 6. The van der Waals surface area contributed by atoms with Gasteiger partial charge in [-0.15, -0.1) is 0 Å². The van der Waals surface area contributed by atoms with Gasteiger partial charge < -0.3 is 18.9 Å². The van der Waals surface area contributed by atoms with Gasteiger partial charge in [0.15, 0.2) is 0 Å². The van der Waals surface area contributed by atoms with Gasteiger partial charge in [0, 0.05) is 21.5 Å². The third-order valence-corrected chi connectivity index (χ3v) is 10.8. The number of carbonyl (C=O) groups is 2. The number of fused-ring (bicyclic) bond motifs is 4. The third kappa shape index (κ3) is 9.46. The molecule has 6 aromatic carbocycles. The zero-order valence-corrected chi connectivity index (χ0v) is 34.3. The quantitative estimate of drug-likeness (QED) is 0.0400. The molecular weight excluding hydrogens is 697 g/mol. The maximum atomic E-state index is 13.3. The molecule has 56 heavy (non-hydrogen) atoms. The molecule has 0 fully saturated rings. The van der Waals surface area contributed by atoms with Crippen LogP contribution in [0.2, 0.25) is 0 Å². The molecular formula is C50H58O6. The number of benzene rings is 6. The van der Waals surface area contributed by atoms with Crippen molar-refractivity contribution in [2.24, 2.45) is 0 Å². The predicted octanol–water partition coefficient (Wildman–Crippen LogP) is 15.0. The van der Waals surface area contributed by atoms with Crippen LogP contribution in [0.1, 0.15) is 113 Å². The van der Waals surface area contributed by atoms with Gasteiger partial charge in [0.05, 0.1) is 13.2 Å². The number of aryl methyl sites for hydroxylation is 4. The lowest BCUT2D eigenvalue weighted by molar-refractivity contribution is 0.0972. The van der Waals surface area contributed by atoms with Crippen molar-refractivity contribution in [3.05, 3.63) is 95.1 Å². The van der Waals surface area contributed by atoms with Crippen LogP contribution in [0.4, 0.5) is 9.59 Å². The lowest BCUT2D eigenvalue weighted by Gasteiger charge is -2.22. The fourth-order valence-electron chi connectivity index (χ4n) is 7.89. The van der Waals surface area contributed by atoms with Gasteiger partial charge >= 0.3 is 12.3 Å². The Morgan fingerprint density at radius 2 is 0.714 bits per heavy atom. The molecule has 0 aliphatic heterocycles. The van der Waals surface area contributed by atoms with Gasteiger partial charge in [0.2, 0.25) is 0 Å². The molecule has 0 heterocycles. The van der Waals surface area contributed by atoms with Crippen molar-refractivity contribution in [2.45, 2.75) is 119 Å². The van der Waals surface area contributed by atoms with E-state index in [2.05, 4.69) is 88.4 Å². The highest BCUT2D eigenvalue weighted by Gasteiger charge is 2.25. The van der Waals surface area contributed by atoms with Crippen LogP contribution in [0.15, 0.2) is 72.8 Å². The highest BCUT2D eigenvalue weighted by atomic mass is 16.7. The highest BCUT2D eigenvalue weighted by Crippen LogP contribution is 2.50. The SMILES string of the molecule is CCCCCCCCOC(=O)Oc1c2cc(C)ccc2c(-c2c3ccc(C)cc3c(OC(=O)OCCCCCCCC)c3ccc(C)cc23)c2cc(C)ccc12. The number of carbonyl (C=O) groups excluding carboxylic acids is 2. The van der Waals surface area contributed by atoms with Gasteiger partial charge in [-0.25, -0.2) is 9.59 Å². The maximum absolute atomic E-state index is 13.3. The molecule has 0 N–H and O–H groups in total. The molecule has 0 saturated heterocycles. The van der Waals surface area contributed by atoms with E-state index in [0.717, 1.165) is 115 Å². The Kier molecular flexibility index (Phi) is 13.9. The number of hydrogen-bond donors (Lipinski definition) is 0. The molecule has 0 saturated carbocycles. The third-order valence-electron chi connectivity index (χ3n) is 10.8. The Morgan fingerprint density at radius 3 is 1.09 bits per heavy atom. The van der Waals surface area contributed by atoms with E-state index in [1.807, 2.05) is 26.0 Å². The smallest absolute Gasteiger partial charge is 0.434 e. The molecule has 0 aliphatic rings. The monoisotopic (exact) mass is 754 g/mol. The fraction of sp³-hybridized carbons (Fsp3) is 0.400. The van der Waals surface area contributed by atoms with Gasteiger partial charge in [-0.2, -0.15) is 0 Å². The fourth-order valence-corrected chi connectivity index (χ4v) is 7.89. The van der Waals surface area contributed by atoms with Crippen LogP contribution in [0.3, 0.4) is 0 Å². The molecule has 6 aromatic rings. The second-order valence-corrected chi connectivity index (χ2v) is 15.5. The molecule has 0 unspecified atom stereocenters. The lowest BCUT2D eigenvalue weighted by atomic mass is 9.84. The van der Waals surface area contributed by atoms with Crippen molar-refractivity contribution in [3.8, 4) is 22.6 Å². The Balaban J connectivity index is 1.47. The maximum Gasteiger partial charge on any atom is 0.513 e. The largest absolute Gasteiger partial charge is 0.513 e. The minimum atomic E-state index is -0.692. The topological polar surface area (TPSA) is 71.1 Å². The van der Waals surface area contributed by atoms with E-state index in [9.17, 15) is 9.59 Å². The molecule has 294 valence electrons. The van der Waals surface area contributed by atoms with E-state index >= 15 is 0 Å². The van der Waals surface area contributed by atoms with Crippen LogP contribution >= 0.6 is 0 Å². The highest BCUT2D eigenvalue weighted by molar-refractivity contribution is 6.27. The van der Waals surface area contributed by atoms with Gasteiger partial charge in [-0.3, -0.25) is 0 Å². The molecule has 0 radical (unpaired) electrons. The summed E-state index contributed by atoms with van der Waals surface area (Å²) in [6, 6.07) is 25.2. The average Bonchev–Trinajstić information content (AvgIpc) is 3.17. The molecule has 0 spiro atoms. The van der Waals surface area contributed by atoms with Crippen molar-refractivity contribution >= 4 is 55.4 Å². The van der Waals surface area contributed by atoms with Crippen molar-refractivity contribution in [3.63, 3.8) is 0 Å². The van der Waals surface area contributed by atoms with Gasteiger partial charge in [-0.05, 0) is 85.3 Å². The Morgan fingerprint density at radius 1 is 0.393 bits per heavy atom. The summed E-state index contributed by atoms with van der Waals surface area (Å²) in [7, 11) is 0. The van der Waals surface area contributed by atoms with Crippen LogP contribution in [-0.4, -0.2) is 25.5 Å². The van der Waals surface area contributed by atoms with E-state index in [1.165, 1.54) is 38.5 Å². The van der Waals surface area contributed by atoms with Crippen molar-refractivity contribution < 1.29 is 28.5 Å². The zero-order chi connectivity index (χ0) is 39.6.